The van der Waals surface area contributed by atoms with E-state index in [9.17, 15) is 9.18 Å². The molecular formula is C30H40FN5O2. The number of likely N-dealkylation sites (N-methyl/N-ethyl adjacent to an activating group) is 1. The lowest BCUT2D eigenvalue weighted by Crippen LogP contribution is -2.47. The lowest BCUT2D eigenvalue weighted by atomic mass is 10.1. The fraction of sp³-hybridized carbons (Fsp3) is 0.467. The van der Waals surface area contributed by atoms with Gasteiger partial charge in [-0.05, 0) is 62.7 Å². The van der Waals surface area contributed by atoms with Crippen molar-refractivity contribution in [2.75, 3.05) is 44.7 Å². The number of amides is 1. The zero-order chi connectivity index (χ0) is 27.2. The number of anilines is 1. The van der Waals surface area contributed by atoms with E-state index in [-0.39, 0.29) is 17.8 Å². The molecule has 0 bridgehead atoms. The summed E-state index contributed by atoms with van der Waals surface area (Å²) in [7, 11) is 1.64. The van der Waals surface area contributed by atoms with Gasteiger partial charge in [0.25, 0.3) is 0 Å². The largest absolute Gasteiger partial charge is 0.497 e. The number of benzene rings is 2. The minimum Gasteiger partial charge on any atom is -0.497 e. The number of hydrogen-bond acceptors (Lipinski definition) is 5. The predicted octanol–water partition coefficient (Wildman–Crippen LogP) is 4.84. The van der Waals surface area contributed by atoms with E-state index in [0.29, 0.717) is 18.7 Å². The van der Waals surface area contributed by atoms with Gasteiger partial charge in [0.2, 0.25) is 5.91 Å². The maximum Gasteiger partial charge on any atom is 0.227 e. The predicted molar refractivity (Wildman–Crippen MR) is 150 cm³/mol. The van der Waals surface area contributed by atoms with E-state index >= 15 is 0 Å². The Morgan fingerprint density at radius 3 is 2.42 bits per heavy atom. The number of ether oxygens (including phenoxy) is 1. The van der Waals surface area contributed by atoms with Crippen LogP contribution in [0.5, 0.6) is 5.75 Å². The summed E-state index contributed by atoms with van der Waals surface area (Å²) in [5.74, 6) is 1.50. The zero-order valence-corrected chi connectivity index (χ0v) is 23.3. The number of rotatable bonds is 10. The van der Waals surface area contributed by atoms with Crippen molar-refractivity contribution in [3.05, 3.63) is 71.2 Å². The van der Waals surface area contributed by atoms with Crippen LogP contribution in [-0.2, 0) is 17.8 Å². The Labute approximate surface area is 225 Å². The first-order valence-corrected chi connectivity index (χ1v) is 13.6. The SMILES string of the molecule is CCC(C)N(Cc1c(C)nn(-c2cccc(F)c2)c1N1CCN(CC)CC1)C(=O)Cc1ccc(OC)cc1. The van der Waals surface area contributed by atoms with Crippen LogP contribution in [0.3, 0.4) is 0 Å². The summed E-state index contributed by atoms with van der Waals surface area (Å²) in [6.45, 7) is 13.4. The Bertz CT molecular complexity index is 1220. The number of piperazine rings is 1. The van der Waals surface area contributed by atoms with Crippen molar-refractivity contribution in [3.8, 4) is 11.4 Å². The maximum atomic E-state index is 14.2. The van der Waals surface area contributed by atoms with Crippen LogP contribution in [0.25, 0.3) is 5.69 Å². The minimum absolute atomic E-state index is 0.0578. The van der Waals surface area contributed by atoms with Gasteiger partial charge in [-0.15, -0.1) is 0 Å². The highest BCUT2D eigenvalue weighted by Crippen LogP contribution is 2.31. The molecule has 0 spiro atoms. The summed E-state index contributed by atoms with van der Waals surface area (Å²) in [6, 6.07) is 14.3. The Kier molecular flexibility index (Phi) is 9.05. The third kappa shape index (κ3) is 6.18. The van der Waals surface area contributed by atoms with Gasteiger partial charge in [-0.3, -0.25) is 4.79 Å². The van der Waals surface area contributed by atoms with Crippen LogP contribution in [0.2, 0.25) is 0 Å². The monoisotopic (exact) mass is 521 g/mol. The summed E-state index contributed by atoms with van der Waals surface area (Å²) >= 11 is 0. The lowest BCUT2D eigenvalue weighted by molar-refractivity contribution is -0.133. The molecule has 1 aliphatic heterocycles. The number of halogens is 1. The lowest BCUT2D eigenvalue weighted by Gasteiger charge is -2.37. The van der Waals surface area contributed by atoms with Gasteiger partial charge in [0, 0.05) is 37.8 Å². The van der Waals surface area contributed by atoms with Crippen molar-refractivity contribution in [2.24, 2.45) is 0 Å². The van der Waals surface area contributed by atoms with E-state index in [1.165, 1.54) is 12.1 Å². The van der Waals surface area contributed by atoms with Gasteiger partial charge in [0.05, 0.1) is 31.5 Å². The normalized spacial score (nSPS) is 14.9. The molecule has 7 nitrogen and oxygen atoms in total. The van der Waals surface area contributed by atoms with E-state index in [1.54, 1.807) is 13.2 Å². The molecule has 2 heterocycles. The summed E-state index contributed by atoms with van der Waals surface area (Å²) < 4.78 is 21.4. The zero-order valence-electron chi connectivity index (χ0n) is 23.3. The van der Waals surface area contributed by atoms with Crippen LogP contribution in [0.4, 0.5) is 10.2 Å². The molecule has 1 saturated heterocycles. The Morgan fingerprint density at radius 2 is 1.82 bits per heavy atom. The molecule has 0 radical (unpaired) electrons. The van der Waals surface area contributed by atoms with Crippen molar-refractivity contribution in [1.82, 2.24) is 19.6 Å². The molecule has 1 fully saturated rings. The number of methoxy groups -OCH3 is 1. The first-order valence-electron chi connectivity index (χ1n) is 13.6. The molecule has 4 rings (SSSR count). The quantitative estimate of drug-likeness (QED) is 0.382. The van der Waals surface area contributed by atoms with E-state index < -0.39 is 0 Å². The van der Waals surface area contributed by atoms with Crippen molar-refractivity contribution in [3.63, 3.8) is 0 Å². The molecule has 1 aliphatic rings. The highest BCUT2D eigenvalue weighted by Gasteiger charge is 2.29. The van der Waals surface area contributed by atoms with Crippen LogP contribution in [-0.4, -0.2) is 71.4 Å². The van der Waals surface area contributed by atoms with E-state index in [2.05, 4.69) is 30.6 Å². The van der Waals surface area contributed by atoms with E-state index in [0.717, 1.165) is 67.5 Å². The van der Waals surface area contributed by atoms with Gasteiger partial charge < -0.3 is 19.4 Å². The number of nitrogens with zero attached hydrogens (tertiary/aromatic N) is 5. The second-order valence-corrected chi connectivity index (χ2v) is 10.0. The summed E-state index contributed by atoms with van der Waals surface area (Å²) in [5, 5.41) is 4.88. The molecular weight excluding hydrogens is 481 g/mol. The van der Waals surface area contributed by atoms with Crippen molar-refractivity contribution >= 4 is 11.7 Å². The fourth-order valence-electron chi connectivity index (χ4n) is 5.02. The standard InChI is InChI=1S/C30H40FN5O2/c1-6-22(3)35(29(37)19-24-11-13-27(38-5)14-12-24)21-28-23(4)32-36(26-10-8-9-25(31)20-26)30(28)34-17-15-33(7-2)16-18-34/h8-14,20,22H,6-7,15-19,21H2,1-5H3. The molecule has 1 aromatic heterocycles. The highest BCUT2D eigenvalue weighted by atomic mass is 19.1. The van der Waals surface area contributed by atoms with Crippen LogP contribution >= 0.6 is 0 Å². The second-order valence-electron chi connectivity index (χ2n) is 10.0. The molecule has 1 unspecified atom stereocenters. The maximum absolute atomic E-state index is 14.2. The molecule has 0 saturated carbocycles. The molecule has 8 heteroatoms. The van der Waals surface area contributed by atoms with E-state index in [1.807, 2.05) is 46.8 Å². The topological polar surface area (TPSA) is 53.8 Å². The van der Waals surface area contributed by atoms with E-state index in [4.69, 9.17) is 9.84 Å². The summed E-state index contributed by atoms with van der Waals surface area (Å²) in [4.78, 5) is 20.4. The summed E-state index contributed by atoms with van der Waals surface area (Å²) in [5.41, 5.74) is 3.51. The molecule has 3 aromatic rings. The molecule has 2 aromatic carbocycles. The van der Waals surface area contributed by atoms with Crippen LogP contribution in [0.15, 0.2) is 48.5 Å². The minimum atomic E-state index is -0.296. The first-order chi connectivity index (χ1) is 18.3. The van der Waals surface area contributed by atoms with Gasteiger partial charge in [-0.1, -0.05) is 32.0 Å². The average Bonchev–Trinajstić information content (AvgIpc) is 3.27. The van der Waals surface area contributed by atoms with Gasteiger partial charge in [0.15, 0.2) is 0 Å². The second kappa shape index (κ2) is 12.4. The highest BCUT2D eigenvalue weighted by molar-refractivity contribution is 5.79. The number of aryl methyl sites for hydroxylation is 1. The van der Waals surface area contributed by atoms with Crippen molar-refractivity contribution in [2.45, 2.75) is 53.1 Å². The van der Waals surface area contributed by atoms with Crippen molar-refractivity contribution in [1.29, 1.82) is 0 Å². The van der Waals surface area contributed by atoms with Crippen molar-refractivity contribution < 1.29 is 13.9 Å². The van der Waals surface area contributed by atoms with Crippen LogP contribution in [0.1, 0.15) is 44.0 Å². The number of aromatic nitrogens is 2. The van der Waals surface area contributed by atoms with Gasteiger partial charge in [-0.25, -0.2) is 9.07 Å². The van der Waals surface area contributed by atoms with Crippen LogP contribution < -0.4 is 9.64 Å². The molecule has 0 N–H and O–H groups in total. The summed E-state index contributed by atoms with van der Waals surface area (Å²) in [6.07, 6.45) is 1.16. The van der Waals surface area contributed by atoms with Gasteiger partial charge in [-0.2, -0.15) is 5.10 Å². The molecule has 1 atom stereocenters. The molecule has 204 valence electrons. The Hall–Kier alpha value is -3.39. The Balaban J connectivity index is 1.69. The Morgan fingerprint density at radius 1 is 1.11 bits per heavy atom. The average molecular weight is 522 g/mol. The number of carbonyl (C=O) groups excluding carboxylic acids is 1. The first kappa shape index (κ1) is 27.6. The van der Waals surface area contributed by atoms with Gasteiger partial charge >= 0.3 is 0 Å². The number of carbonyl (C=O) groups is 1. The fourth-order valence-corrected chi connectivity index (χ4v) is 5.02. The van der Waals surface area contributed by atoms with Crippen LogP contribution in [0, 0.1) is 12.7 Å². The van der Waals surface area contributed by atoms with Gasteiger partial charge in [0.1, 0.15) is 17.4 Å². The molecule has 1 amide bonds. The molecule has 38 heavy (non-hydrogen) atoms. The third-order valence-corrected chi connectivity index (χ3v) is 7.62. The smallest absolute Gasteiger partial charge is 0.227 e. The number of hydrogen-bond donors (Lipinski definition) is 0. The molecule has 0 aliphatic carbocycles. The third-order valence-electron chi connectivity index (χ3n) is 7.62.